The lowest BCUT2D eigenvalue weighted by molar-refractivity contribution is -0.363. The molecule has 1 amide bonds. The summed E-state index contributed by atoms with van der Waals surface area (Å²) in [5.74, 6) is -0.538. The Balaban J connectivity index is 1.33. The first kappa shape index (κ1) is 51.8. The number of carbonyl (C=O) groups is 1. The highest BCUT2D eigenvalue weighted by atomic mass is 32.3. The second-order valence-corrected chi connectivity index (χ2v) is 18.4. The third-order valence-electron chi connectivity index (χ3n) is 11.1. The van der Waals surface area contributed by atoms with E-state index >= 15 is 0 Å². The zero-order valence-corrected chi connectivity index (χ0v) is 39.1. The predicted octanol–water partition coefficient (Wildman–Crippen LogP) is 5.52. The van der Waals surface area contributed by atoms with Crippen molar-refractivity contribution in [3.63, 3.8) is 0 Å². The largest absolute Gasteiger partial charge is 0.397 e. The predicted molar refractivity (Wildman–Crippen MR) is 246 cm³/mol. The Morgan fingerprint density at radius 3 is 1.14 bits per heavy atom. The van der Waals surface area contributed by atoms with Crippen molar-refractivity contribution in [3.8, 4) is 0 Å². The van der Waals surface area contributed by atoms with Gasteiger partial charge in [-0.25, -0.2) is 8.37 Å². The van der Waals surface area contributed by atoms with Crippen molar-refractivity contribution in [1.82, 2.24) is 5.32 Å². The molecule has 69 heavy (non-hydrogen) atoms. The summed E-state index contributed by atoms with van der Waals surface area (Å²) >= 11 is 0. The number of hydrogen-bond donors (Lipinski definition) is 3. The van der Waals surface area contributed by atoms with Crippen molar-refractivity contribution in [2.24, 2.45) is 0 Å². The van der Waals surface area contributed by atoms with Crippen LogP contribution in [0.25, 0.3) is 0 Å². The summed E-state index contributed by atoms with van der Waals surface area (Å²) in [6.07, 6.45) is -12.1. The molecule has 2 aliphatic heterocycles. The summed E-state index contributed by atoms with van der Waals surface area (Å²) in [4.78, 5) is 13.3. The second kappa shape index (κ2) is 25.2. The molecule has 0 spiro atoms. The zero-order chi connectivity index (χ0) is 48.6. The van der Waals surface area contributed by atoms with Gasteiger partial charge in [-0.05, 0) is 27.8 Å². The van der Waals surface area contributed by atoms with Crippen LogP contribution in [0, 0.1) is 0 Å². The number of hydrogen-bond acceptors (Lipinski definition) is 15. The summed E-state index contributed by atoms with van der Waals surface area (Å²) in [5.41, 5.74) is 3.68. The maximum Gasteiger partial charge on any atom is 0.397 e. The van der Waals surface area contributed by atoms with Crippen LogP contribution in [0.5, 0.6) is 0 Å². The summed E-state index contributed by atoms with van der Waals surface area (Å²) in [5, 5.41) is 2.90. The van der Waals surface area contributed by atoms with Crippen molar-refractivity contribution < 1.29 is 77.0 Å². The van der Waals surface area contributed by atoms with Gasteiger partial charge in [0.15, 0.2) is 12.6 Å². The van der Waals surface area contributed by atoms with E-state index in [1.807, 2.05) is 127 Å². The standard InChI is InChI=1S/C49H55NO17S2/c1-34(51)50-42-45(60-29-37-21-11-4-12-22-37)43(58-27-35-17-7-2-8-18-35)40(32-63-68(52,53)54)65-48(42)67-46-44(59-28-36-19-9-3-10-20-36)41(33-64-69(55,56)57)66-49(62-31-39-25-15-6-16-26-39)47(46)61-30-38-23-13-5-14-24-38/h2-26,40-49H,27-33H2,1H3,(H,50,51)(H,52,53,54)(H,55,56,57)/t40-,41-,42-,43-,44+,45-,46+,47-,48+,49-/m1/s1. The first-order chi connectivity index (χ1) is 33.3. The molecule has 10 atom stereocenters. The minimum Gasteiger partial charge on any atom is -0.368 e. The summed E-state index contributed by atoms with van der Waals surface area (Å²) in [6.45, 7) is -0.508. The smallest absolute Gasteiger partial charge is 0.368 e. The Hall–Kier alpha value is -5.01. The number of carbonyl (C=O) groups excluding carboxylic acids is 1. The normalized spacial score (nSPS) is 25.2. The van der Waals surface area contributed by atoms with Crippen molar-refractivity contribution in [1.29, 1.82) is 0 Å². The summed E-state index contributed by atoms with van der Waals surface area (Å²) in [6, 6.07) is 44.3. The van der Waals surface area contributed by atoms with Crippen molar-refractivity contribution in [2.75, 3.05) is 13.2 Å². The van der Waals surface area contributed by atoms with E-state index in [-0.39, 0.29) is 33.0 Å². The zero-order valence-electron chi connectivity index (χ0n) is 37.5. The van der Waals surface area contributed by atoms with Crippen LogP contribution < -0.4 is 5.32 Å². The van der Waals surface area contributed by atoms with E-state index in [0.29, 0.717) is 5.56 Å². The lowest BCUT2D eigenvalue weighted by atomic mass is 9.94. The van der Waals surface area contributed by atoms with Gasteiger partial charge in [0.2, 0.25) is 5.91 Å². The highest BCUT2D eigenvalue weighted by Crippen LogP contribution is 2.36. The molecule has 5 aromatic rings. The van der Waals surface area contributed by atoms with Crippen molar-refractivity contribution in [2.45, 2.75) is 101 Å². The average Bonchev–Trinajstić information content (AvgIpc) is 3.34. The van der Waals surface area contributed by atoms with Crippen LogP contribution >= 0.6 is 0 Å². The van der Waals surface area contributed by atoms with Gasteiger partial charge < -0.3 is 43.2 Å². The van der Waals surface area contributed by atoms with Crippen LogP contribution in [-0.4, -0.2) is 106 Å². The Labute approximate surface area is 401 Å². The molecule has 0 unspecified atom stereocenters. The molecule has 0 aromatic heterocycles. The molecular formula is C49H55NO17S2. The Bertz CT molecular complexity index is 2530. The number of amides is 1. The molecule has 370 valence electrons. The highest BCUT2D eigenvalue weighted by molar-refractivity contribution is 7.81. The van der Waals surface area contributed by atoms with Gasteiger partial charge in [-0.15, -0.1) is 0 Å². The van der Waals surface area contributed by atoms with Crippen LogP contribution in [0.4, 0.5) is 0 Å². The first-order valence-corrected chi connectivity index (χ1v) is 24.8. The Morgan fingerprint density at radius 2 is 0.783 bits per heavy atom. The minimum atomic E-state index is -5.05. The SMILES string of the molecule is CC(=O)N[C@H]1[C@H](O[C@H]2[C@@H](OCc3ccccc3)[C@@H](COS(=O)(=O)O)O[C@@H](OCc3ccccc3)[C@@H]2OCc2ccccc2)O[C@H](COS(=O)(=O)O)[C@@H](OCc2ccccc2)[C@@H]1OCc1ccccc1. The van der Waals surface area contributed by atoms with Gasteiger partial charge in [0.25, 0.3) is 0 Å². The fraction of sp³-hybridized carbons (Fsp3) is 0.367. The number of benzene rings is 5. The van der Waals surface area contributed by atoms with Gasteiger partial charge in [-0.1, -0.05) is 152 Å². The van der Waals surface area contributed by atoms with Crippen LogP contribution in [0.3, 0.4) is 0 Å². The van der Waals surface area contributed by atoms with E-state index in [1.54, 1.807) is 24.3 Å². The van der Waals surface area contributed by atoms with E-state index < -0.39 is 101 Å². The van der Waals surface area contributed by atoms with Gasteiger partial charge >= 0.3 is 20.8 Å². The molecule has 2 saturated heterocycles. The molecule has 0 radical (unpaired) electrons. The number of nitrogens with one attached hydrogen (secondary N) is 1. The lowest BCUT2D eigenvalue weighted by Gasteiger charge is -2.50. The van der Waals surface area contributed by atoms with Gasteiger partial charge in [0, 0.05) is 6.92 Å². The van der Waals surface area contributed by atoms with Gasteiger partial charge in [0.1, 0.15) is 48.8 Å². The molecule has 0 saturated carbocycles. The quantitative estimate of drug-likeness (QED) is 0.0646. The fourth-order valence-electron chi connectivity index (χ4n) is 7.90. The maximum atomic E-state index is 13.3. The highest BCUT2D eigenvalue weighted by Gasteiger charge is 2.55. The van der Waals surface area contributed by atoms with E-state index in [9.17, 15) is 30.7 Å². The third kappa shape index (κ3) is 16.3. The molecule has 7 rings (SSSR count). The van der Waals surface area contributed by atoms with Gasteiger partial charge in [-0.2, -0.15) is 16.8 Å². The molecule has 0 aliphatic carbocycles. The lowest BCUT2D eigenvalue weighted by Crippen LogP contribution is -2.69. The summed E-state index contributed by atoms with van der Waals surface area (Å²) in [7, 11) is -10.1. The molecular weight excluding hydrogens is 939 g/mol. The average molecular weight is 994 g/mol. The van der Waals surface area contributed by atoms with Crippen LogP contribution in [-0.2, 0) is 105 Å². The van der Waals surface area contributed by atoms with Crippen molar-refractivity contribution >= 4 is 26.7 Å². The monoisotopic (exact) mass is 993 g/mol. The van der Waals surface area contributed by atoms with E-state index in [4.69, 9.17) is 46.3 Å². The summed E-state index contributed by atoms with van der Waals surface area (Å²) < 4.78 is 131. The van der Waals surface area contributed by atoms with Crippen LogP contribution in [0.2, 0.25) is 0 Å². The molecule has 2 fully saturated rings. The molecule has 2 aliphatic rings. The minimum absolute atomic E-state index is 0.0236. The van der Waals surface area contributed by atoms with Crippen molar-refractivity contribution in [3.05, 3.63) is 179 Å². The first-order valence-electron chi connectivity index (χ1n) is 22.0. The third-order valence-corrected chi connectivity index (χ3v) is 11.9. The van der Waals surface area contributed by atoms with Gasteiger partial charge in [-0.3, -0.25) is 13.9 Å². The van der Waals surface area contributed by atoms with Gasteiger partial charge in [0.05, 0.1) is 46.2 Å². The van der Waals surface area contributed by atoms with E-state index in [2.05, 4.69) is 5.32 Å². The van der Waals surface area contributed by atoms with Crippen LogP contribution in [0.15, 0.2) is 152 Å². The molecule has 3 N–H and O–H groups in total. The fourth-order valence-corrected chi connectivity index (χ4v) is 8.51. The topological polar surface area (TPSA) is 230 Å². The molecule has 18 nitrogen and oxygen atoms in total. The maximum absolute atomic E-state index is 13.3. The molecule has 2 heterocycles. The molecule has 5 aromatic carbocycles. The molecule has 0 bridgehead atoms. The van der Waals surface area contributed by atoms with Crippen LogP contribution in [0.1, 0.15) is 34.7 Å². The number of ether oxygens (including phenoxy) is 8. The second-order valence-electron chi connectivity index (χ2n) is 16.2. The number of rotatable bonds is 24. The Kier molecular flexibility index (Phi) is 18.9. The van der Waals surface area contributed by atoms with E-state index in [0.717, 1.165) is 22.3 Å². The molecule has 20 heteroatoms. The Morgan fingerprint density at radius 1 is 0.464 bits per heavy atom. The van der Waals surface area contributed by atoms with E-state index in [1.165, 1.54) is 6.92 Å².